The van der Waals surface area contributed by atoms with Gasteiger partial charge in [-0.1, -0.05) is 25.5 Å². The highest BCUT2D eigenvalue weighted by Gasteiger charge is 2.24. The van der Waals surface area contributed by atoms with Gasteiger partial charge in [-0.2, -0.15) is 0 Å². The number of unbranched alkanes of at least 4 members (excludes halogenated alkanes) is 1. The van der Waals surface area contributed by atoms with Crippen LogP contribution in [-0.2, 0) is 11.3 Å². The third-order valence-electron chi connectivity index (χ3n) is 4.73. The molecular weight excluding hydrogens is 444 g/mol. The van der Waals surface area contributed by atoms with Gasteiger partial charge in [0.25, 0.3) is 5.56 Å². The van der Waals surface area contributed by atoms with Crippen LogP contribution in [0.2, 0.25) is 0 Å². The Morgan fingerprint density at radius 2 is 1.85 bits per heavy atom. The topological polar surface area (TPSA) is 107 Å². The Morgan fingerprint density at radius 3 is 2.45 bits per heavy atom. The summed E-state index contributed by atoms with van der Waals surface area (Å²) in [4.78, 5) is 37.1. The van der Waals surface area contributed by atoms with Crippen LogP contribution >= 0.6 is 11.3 Å². The molecular formula is C24H28N2O6S. The standard InChI is InChI=1S/C24H28N2O6S/c1-5-6-12-31-19-18(22(28)29)20-17(11-13-33-20)26(21(19)27)14-15-7-9-16(10-8-15)25-23(30)32-24(2,3)4/h7-11,13H,5-6,12,14H2,1-4H3,(H,25,30)(H,28,29). The van der Waals surface area contributed by atoms with Gasteiger partial charge in [0.2, 0.25) is 5.75 Å². The van der Waals surface area contributed by atoms with E-state index in [0.717, 1.165) is 12.0 Å². The lowest BCUT2D eigenvalue weighted by Gasteiger charge is -2.19. The molecule has 2 heterocycles. The number of fused-ring (bicyclic) bond motifs is 1. The minimum Gasteiger partial charge on any atom is -0.487 e. The van der Waals surface area contributed by atoms with Gasteiger partial charge in [-0.05, 0) is 56.3 Å². The van der Waals surface area contributed by atoms with Crippen LogP contribution < -0.4 is 15.6 Å². The number of carbonyl (C=O) groups excluding carboxylic acids is 1. The summed E-state index contributed by atoms with van der Waals surface area (Å²) in [7, 11) is 0. The lowest BCUT2D eigenvalue weighted by atomic mass is 10.1. The molecule has 2 aromatic heterocycles. The first-order chi connectivity index (χ1) is 15.6. The second kappa shape index (κ2) is 10.1. The molecule has 3 aromatic rings. The molecule has 0 unspecified atom stereocenters. The zero-order valence-corrected chi connectivity index (χ0v) is 20.0. The van der Waals surface area contributed by atoms with Crippen molar-refractivity contribution >= 4 is 39.3 Å². The van der Waals surface area contributed by atoms with E-state index in [-0.39, 0.29) is 24.5 Å². The van der Waals surface area contributed by atoms with Crippen molar-refractivity contribution in [3.8, 4) is 5.75 Å². The lowest BCUT2D eigenvalue weighted by molar-refractivity contribution is 0.0634. The predicted molar refractivity (Wildman–Crippen MR) is 129 cm³/mol. The van der Waals surface area contributed by atoms with Gasteiger partial charge in [0.05, 0.1) is 23.4 Å². The molecule has 0 saturated carbocycles. The molecule has 1 aromatic carbocycles. The van der Waals surface area contributed by atoms with E-state index in [1.807, 2.05) is 6.92 Å². The first-order valence-corrected chi connectivity index (χ1v) is 11.6. The summed E-state index contributed by atoms with van der Waals surface area (Å²) in [5.41, 5.74) is 0.740. The molecule has 0 saturated heterocycles. The number of anilines is 1. The fourth-order valence-electron chi connectivity index (χ4n) is 3.25. The van der Waals surface area contributed by atoms with E-state index in [4.69, 9.17) is 9.47 Å². The summed E-state index contributed by atoms with van der Waals surface area (Å²) in [5, 5.41) is 14.2. The van der Waals surface area contributed by atoms with Gasteiger partial charge < -0.3 is 14.6 Å². The molecule has 0 atom stereocenters. The van der Waals surface area contributed by atoms with Gasteiger partial charge in [0.1, 0.15) is 11.2 Å². The predicted octanol–water partition coefficient (Wildman–Crippen LogP) is 5.34. The van der Waals surface area contributed by atoms with Crippen LogP contribution in [0.15, 0.2) is 40.5 Å². The average Bonchev–Trinajstić information content (AvgIpc) is 3.19. The molecule has 3 rings (SSSR count). The van der Waals surface area contributed by atoms with Gasteiger partial charge in [-0.15, -0.1) is 11.3 Å². The number of carbonyl (C=O) groups is 2. The summed E-state index contributed by atoms with van der Waals surface area (Å²) in [5.74, 6) is -1.31. The molecule has 1 amide bonds. The number of aromatic nitrogens is 1. The summed E-state index contributed by atoms with van der Waals surface area (Å²) in [6.07, 6.45) is 1.03. The molecule has 33 heavy (non-hydrogen) atoms. The van der Waals surface area contributed by atoms with Crippen LogP contribution in [0.25, 0.3) is 10.2 Å². The van der Waals surface area contributed by atoms with E-state index in [1.54, 1.807) is 56.5 Å². The van der Waals surface area contributed by atoms with Crippen molar-refractivity contribution in [3.63, 3.8) is 0 Å². The Labute approximate surface area is 195 Å². The van der Waals surface area contributed by atoms with Crippen LogP contribution in [0.5, 0.6) is 5.75 Å². The fraction of sp³-hybridized carbons (Fsp3) is 0.375. The van der Waals surface area contributed by atoms with E-state index in [2.05, 4.69) is 5.32 Å². The van der Waals surface area contributed by atoms with Crippen molar-refractivity contribution in [1.82, 2.24) is 4.57 Å². The Hall–Kier alpha value is -3.33. The number of thiophene rings is 1. The maximum atomic E-state index is 13.3. The highest BCUT2D eigenvalue weighted by atomic mass is 32.1. The van der Waals surface area contributed by atoms with Crippen LogP contribution in [0.3, 0.4) is 0 Å². The number of ether oxygens (including phenoxy) is 2. The van der Waals surface area contributed by atoms with Crippen LogP contribution in [-0.4, -0.2) is 33.9 Å². The lowest BCUT2D eigenvalue weighted by Crippen LogP contribution is -2.27. The summed E-state index contributed by atoms with van der Waals surface area (Å²) in [6, 6.07) is 8.76. The Balaban J connectivity index is 1.91. The monoisotopic (exact) mass is 472 g/mol. The average molecular weight is 473 g/mol. The molecule has 0 aliphatic carbocycles. The number of rotatable bonds is 8. The van der Waals surface area contributed by atoms with Gasteiger partial charge in [-0.3, -0.25) is 14.7 Å². The molecule has 2 N–H and O–H groups in total. The molecule has 0 fully saturated rings. The maximum absolute atomic E-state index is 13.3. The quantitative estimate of drug-likeness (QED) is 0.429. The zero-order valence-electron chi connectivity index (χ0n) is 19.1. The molecule has 0 radical (unpaired) electrons. The van der Waals surface area contributed by atoms with Crippen molar-refractivity contribution in [1.29, 1.82) is 0 Å². The molecule has 9 heteroatoms. The normalized spacial score (nSPS) is 11.4. The molecule has 0 bridgehead atoms. The Morgan fingerprint density at radius 1 is 1.15 bits per heavy atom. The molecule has 176 valence electrons. The number of carboxylic acids is 1. The van der Waals surface area contributed by atoms with E-state index < -0.39 is 23.2 Å². The highest BCUT2D eigenvalue weighted by molar-refractivity contribution is 7.17. The van der Waals surface area contributed by atoms with Gasteiger partial charge in [0.15, 0.2) is 0 Å². The second-order valence-electron chi connectivity index (χ2n) is 8.56. The van der Waals surface area contributed by atoms with Gasteiger partial charge >= 0.3 is 12.1 Å². The van der Waals surface area contributed by atoms with Crippen molar-refractivity contribution in [2.45, 2.75) is 52.7 Å². The molecule has 0 aliphatic heterocycles. The SMILES string of the molecule is CCCCOc1c(C(=O)O)c2sccc2n(Cc2ccc(NC(=O)OC(C)(C)C)cc2)c1=O. The fourth-order valence-corrected chi connectivity index (χ4v) is 4.18. The number of amides is 1. The summed E-state index contributed by atoms with van der Waals surface area (Å²) in [6.45, 7) is 7.84. The number of pyridine rings is 1. The number of nitrogens with one attached hydrogen (secondary N) is 1. The van der Waals surface area contributed by atoms with Crippen molar-refractivity contribution in [3.05, 3.63) is 57.2 Å². The third kappa shape index (κ3) is 5.92. The minimum absolute atomic E-state index is 0.0886. The van der Waals surface area contributed by atoms with Crippen LogP contribution in [0.4, 0.5) is 10.5 Å². The number of carboxylic acid groups (broad SMARTS) is 1. The summed E-state index contributed by atoms with van der Waals surface area (Å²) < 4.78 is 12.9. The van der Waals surface area contributed by atoms with E-state index in [9.17, 15) is 19.5 Å². The van der Waals surface area contributed by atoms with Crippen molar-refractivity contribution in [2.24, 2.45) is 0 Å². The highest BCUT2D eigenvalue weighted by Crippen LogP contribution is 2.30. The van der Waals surface area contributed by atoms with E-state index in [1.165, 1.54) is 15.9 Å². The first kappa shape index (κ1) is 24.3. The minimum atomic E-state index is -1.18. The summed E-state index contributed by atoms with van der Waals surface area (Å²) >= 11 is 1.26. The number of nitrogens with zero attached hydrogens (tertiary/aromatic N) is 1. The van der Waals surface area contributed by atoms with Crippen molar-refractivity contribution < 1.29 is 24.2 Å². The number of hydrogen-bond donors (Lipinski definition) is 2. The molecule has 8 nitrogen and oxygen atoms in total. The van der Waals surface area contributed by atoms with E-state index in [0.29, 0.717) is 22.3 Å². The number of hydrogen-bond acceptors (Lipinski definition) is 6. The number of benzene rings is 1. The Bertz CT molecular complexity index is 1200. The van der Waals surface area contributed by atoms with E-state index >= 15 is 0 Å². The van der Waals surface area contributed by atoms with Crippen LogP contribution in [0, 0.1) is 0 Å². The van der Waals surface area contributed by atoms with Crippen LogP contribution in [0.1, 0.15) is 56.5 Å². The molecule has 0 aliphatic rings. The second-order valence-corrected chi connectivity index (χ2v) is 9.48. The van der Waals surface area contributed by atoms with Gasteiger partial charge in [0, 0.05) is 5.69 Å². The smallest absolute Gasteiger partial charge is 0.412 e. The largest absolute Gasteiger partial charge is 0.487 e. The van der Waals surface area contributed by atoms with Crippen molar-refractivity contribution in [2.75, 3.05) is 11.9 Å². The zero-order chi connectivity index (χ0) is 24.2. The Kier molecular flexibility index (Phi) is 7.43. The third-order valence-corrected chi connectivity index (χ3v) is 5.65. The maximum Gasteiger partial charge on any atom is 0.412 e. The first-order valence-electron chi connectivity index (χ1n) is 10.7. The number of aromatic carboxylic acids is 1. The van der Waals surface area contributed by atoms with Gasteiger partial charge in [-0.25, -0.2) is 9.59 Å². The molecule has 0 spiro atoms.